The average molecular weight is 322 g/mol. The van der Waals surface area contributed by atoms with Crippen LogP contribution in [0.25, 0.3) is 0 Å². The number of anilines is 2. The van der Waals surface area contributed by atoms with E-state index in [1.807, 2.05) is 30.3 Å². The van der Waals surface area contributed by atoms with E-state index in [0.717, 1.165) is 11.3 Å². The number of amides is 2. The van der Waals surface area contributed by atoms with Crippen molar-refractivity contribution in [1.29, 1.82) is 0 Å². The summed E-state index contributed by atoms with van der Waals surface area (Å²) in [5, 5.41) is 9.77. The zero-order valence-electron chi connectivity index (χ0n) is 13.3. The maximum absolute atomic E-state index is 12.0. The minimum Gasteiger partial charge on any atom is -0.497 e. The molecule has 6 heteroatoms. The highest BCUT2D eigenvalue weighted by Gasteiger charge is 2.05. The van der Waals surface area contributed by atoms with E-state index < -0.39 is 0 Å². The van der Waals surface area contributed by atoms with E-state index >= 15 is 0 Å². The summed E-state index contributed by atoms with van der Waals surface area (Å²) < 4.78 is 6.86. The number of ether oxygens (including phenoxy) is 1. The first kappa shape index (κ1) is 15.6. The third kappa shape index (κ3) is 4.13. The van der Waals surface area contributed by atoms with Crippen LogP contribution in [0.3, 0.4) is 0 Å². The number of carbonyl (C=O) groups is 1. The minimum atomic E-state index is -0.320. The first-order chi connectivity index (χ1) is 11.7. The second kappa shape index (κ2) is 7.32. The van der Waals surface area contributed by atoms with Gasteiger partial charge in [-0.1, -0.05) is 30.3 Å². The van der Waals surface area contributed by atoms with E-state index in [2.05, 4.69) is 15.7 Å². The van der Waals surface area contributed by atoms with Crippen LogP contribution in [0.5, 0.6) is 5.75 Å². The van der Waals surface area contributed by atoms with Crippen molar-refractivity contribution in [3.63, 3.8) is 0 Å². The Labute approximate surface area is 140 Å². The van der Waals surface area contributed by atoms with E-state index in [0.29, 0.717) is 17.9 Å². The number of benzene rings is 2. The van der Waals surface area contributed by atoms with Crippen LogP contribution in [-0.4, -0.2) is 22.9 Å². The summed E-state index contributed by atoms with van der Waals surface area (Å²) >= 11 is 0. The van der Waals surface area contributed by atoms with E-state index in [-0.39, 0.29) is 6.03 Å². The van der Waals surface area contributed by atoms with Crippen LogP contribution in [-0.2, 0) is 6.54 Å². The van der Waals surface area contributed by atoms with Crippen LogP contribution in [0.15, 0.2) is 67.0 Å². The molecule has 1 aromatic heterocycles. The van der Waals surface area contributed by atoms with Crippen molar-refractivity contribution in [3.05, 3.63) is 72.6 Å². The van der Waals surface area contributed by atoms with Gasteiger partial charge in [0.05, 0.1) is 25.5 Å². The van der Waals surface area contributed by atoms with E-state index in [9.17, 15) is 4.79 Å². The third-order valence-electron chi connectivity index (χ3n) is 3.43. The largest absolute Gasteiger partial charge is 0.497 e. The van der Waals surface area contributed by atoms with Crippen LogP contribution >= 0.6 is 0 Å². The van der Waals surface area contributed by atoms with Gasteiger partial charge in [0.15, 0.2) is 0 Å². The first-order valence-electron chi connectivity index (χ1n) is 7.51. The summed E-state index contributed by atoms with van der Waals surface area (Å²) in [6.45, 7) is 0.655. The molecule has 122 valence electrons. The number of carbonyl (C=O) groups excluding carboxylic acids is 1. The molecule has 0 bridgehead atoms. The Kier molecular flexibility index (Phi) is 4.76. The monoisotopic (exact) mass is 322 g/mol. The van der Waals surface area contributed by atoms with Crippen molar-refractivity contribution in [2.24, 2.45) is 0 Å². The van der Waals surface area contributed by atoms with Crippen LogP contribution in [0.4, 0.5) is 16.2 Å². The Morgan fingerprint density at radius 2 is 1.75 bits per heavy atom. The fourth-order valence-corrected chi connectivity index (χ4v) is 2.25. The maximum atomic E-state index is 12.0. The van der Waals surface area contributed by atoms with E-state index in [4.69, 9.17) is 4.74 Å². The maximum Gasteiger partial charge on any atom is 0.323 e. The standard InChI is InChI=1S/C18H18N4O2/c1-24-17-9-7-15(8-10-17)20-18(23)21-16-11-19-22(13-16)12-14-5-3-2-4-6-14/h2-11,13H,12H2,1H3,(H2,20,21,23). The predicted octanol–water partition coefficient (Wildman–Crippen LogP) is 3.58. The third-order valence-corrected chi connectivity index (χ3v) is 3.43. The molecule has 6 nitrogen and oxygen atoms in total. The number of hydrogen-bond acceptors (Lipinski definition) is 3. The van der Waals surface area contributed by atoms with Crippen molar-refractivity contribution in [2.75, 3.05) is 17.7 Å². The number of hydrogen-bond donors (Lipinski definition) is 2. The second-order valence-corrected chi connectivity index (χ2v) is 5.22. The lowest BCUT2D eigenvalue weighted by atomic mass is 10.2. The highest BCUT2D eigenvalue weighted by molar-refractivity contribution is 5.99. The molecule has 1 heterocycles. The van der Waals surface area contributed by atoms with Crippen molar-refractivity contribution < 1.29 is 9.53 Å². The number of methoxy groups -OCH3 is 1. The van der Waals surface area contributed by atoms with Gasteiger partial charge in [-0.05, 0) is 29.8 Å². The van der Waals surface area contributed by atoms with Gasteiger partial charge >= 0.3 is 6.03 Å². The van der Waals surface area contributed by atoms with Crippen molar-refractivity contribution >= 4 is 17.4 Å². The Bertz CT molecular complexity index is 797. The summed E-state index contributed by atoms with van der Waals surface area (Å²) in [5.41, 5.74) is 2.47. The molecule has 3 rings (SSSR count). The van der Waals surface area contributed by atoms with Gasteiger partial charge < -0.3 is 15.4 Å². The lowest BCUT2D eigenvalue weighted by Crippen LogP contribution is -2.19. The molecule has 0 aliphatic rings. The molecule has 0 saturated heterocycles. The highest BCUT2D eigenvalue weighted by Crippen LogP contribution is 2.15. The molecule has 0 saturated carbocycles. The highest BCUT2D eigenvalue weighted by atomic mass is 16.5. The summed E-state index contributed by atoms with van der Waals surface area (Å²) in [6.07, 6.45) is 3.41. The number of aromatic nitrogens is 2. The van der Waals surface area contributed by atoms with Gasteiger partial charge in [-0.3, -0.25) is 4.68 Å². The Morgan fingerprint density at radius 3 is 2.46 bits per heavy atom. The normalized spacial score (nSPS) is 10.2. The number of nitrogens with zero attached hydrogens (tertiary/aromatic N) is 2. The summed E-state index contributed by atoms with van der Waals surface area (Å²) in [7, 11) is 1.60. The molecule has 2 N–H and O–H groups in total. The quantitative estimate of drug-likeness (QED) is 0.754. The topological polar surface area (TPSA) is 68.2 Å². The van der Waals surface area contributed by atoms with Crippen molar-refractivity contribution in [3.8, 4) is 5.75 Å². The van der Waals surface area contributed by atoms with Crippen molar-refractivity contribution in [2.45, 2.75) is 6.54 Å². The number of urea groups is 1. The van der Waals surface area contributed by atoms with Gasteiger partial charge in [-0.2, -0.15) is 5.10 Å². The molecular weight excluding hydrogens is 304 g/mol. The first-order valence-corrected chi connectivity index (χ1v) is 7.51. The number of rotatable bonds is 5. The second-order valence-electron chi connectivity index (χ2n) is 5.22. The lowest BCUT2D eigenvalue weighted by molar-refractivity contribution is 0.262. The molecule has 0 aliphatic carbocycles. The summed E-state index contributed by atoms with van der Waals surface area (Å²) in [5.74, 6) is 0.739. The molecule has 2 aromatic carbocycles. The SMILES string of the molecule is COc1ccc(NC(=O)Nc2cnn(Cc3ccccc3)c2)cc1. The van der Waals surface area contributed by atoms with Crippen LogP contribution < -0.4 is 15.4 Å². The minimum absolute atomic E-state index is 0.320. The van der Waals surface area contributed by atoms with Gasteiger partial charge in [-0.25, -0.2) is 4.79 Å². The molecule has 3 aromatic rings. The Morgan fingerprint density at radius 1 is 1.04 bits per heavy atom. The van der Waals surface area contributed by atoms with E-state index in [1.54, 1.807) is 48.5 Å². The smallest absolute Gasteiger partial charge is 0.323 e. The molecule has 0 aliphatic heterocycles. The molecule has 0 atom stereocenters. The summed E-state index contributed by atoms with van der Waals surface area (Å²) in [4.78, 5) is 12.0. The lowest BCUT2D eigenvalue weighted by Gasteiger charge is -2.06. The fourth-order valence-electron chi connectivity index (χ4n) is 2.25. The van der Waals surface area contributed by atoms with Gasteiger partial charge in [-0.15, -0.1) is 0 Å². The Hall–Kier alpha value is -3.28. The zero-order chi connectivity index (χ0) is 16.8. The predicted molar refractivity (Wildman–Crippen MR) is 93.4 cm³/mol. The molecule has 0 unspecified atom stereocenters. The summed E-state index contributed by atoms with van der Waals surface area (Å²) in [6, 6.07) is 16.8. The van der Waals surface area contributed by atoms with Gasteiger partial charge in [0, 0.05) is 11.9 Å². The molecule has 0 spiro atoms. The molecule has 0 radical (unpaired) electrons. The fraction of sp³-hybridized carbons (Fsp3) is 0.111. The molecule has 24 heavy (non-hydrogen) atoms. The Balaban J connectivity index is 1.56. The number of nitrogens with one attached hydrogen (secondary N) is 2. The zero-order valence-corrected chi connectivity index (χ0v) is 13.3. The van der Waals surface area contributed by atoms with Gasteiger partial charge in [0.1, 0.15) is 5.75 Å². The van der Waals surface area contributed by atoms with Gasteiger partial charge in [0.2, 0.25) is 0 Å². The van der Waals surface area contributed by atoms with Gasteiger partial charge in [0.25, 0.3) is 0 Å². The molecular formula is C18H18N4O2. The molecule has 2 amide bonds. The van der Waals surface area contributed by atoms with Crippen LogP contribution in [0.2, 0.25) is 0 Å². The molecule has 0 fully saturated rings. The van der Waals surface area contributed by atoms with Crippen LogP contribution in [0.1, 0.15) is 5.56 Å². The van der Waals surface area contributed by atoms with E-state index in [1.165, 1.54) is 0 Å². The average Bonchev–Trinajstić information content (AvgIpc) is 3.03. The van der Waals surface area contributed by atoms with Crippen LogP contribution in [0, 0.1) is 0 Å². The van der Waals surface area contributed by atoms with Crippen molar-refractivity contribution in [1.82, 2.24) is 9.78 Å².